The number of hydrogen-bond donors (Lipinski definition) is 3. The maximum Gasteiger partial charge on any atom is 0.310 e. The van der Waals surface area contributed by atoms with E-state index in [1.165, 1.54) is 6.20 Å². The standard InChI is InChI=1S/C13H19N3O3/c1-13(2,3)9(12(17)18)7-19-8-4-5-10(11(14)15)16-6-8/h4-6,9H,7H2,1-3H3,(H3,14,15)(H,17,18)/t9-/m1/s1. The molecule has 6 nitrogen and oxygen atoms in total. The number of aliphatic carboxylic acids is 1. The van der Waals surface area contributed by atoms with E-state index in [4.69, 9.17) is 21.0 Å². The molecule has 1 rings (SSSR count). The van der Waals surface area contributed by atoms with Crippen LogP contribution in [0, 0.1) is 16.7 Å². The van der Waals surface area contributed by atoms with Gasteiger partial charge in [0.1, 0.15) is 23.9 Å². The molecule has 104 valence electrons. The van der Waals surface area contributed by atoms with Crippen molar-refractivity contribution in [3.8, 4) is 5.75 Å². The minimum atomic E-state index is -0.888. The lowest BCUT2D eigenvalue weighted by Gasteiger charge is -2.26. The smallest absolute Gasteiger partial charge is 0.310 e. The first-order valence-corrected chi connectivity index (χ1v) is 5.88. The second-order valence-corrected chi connectivity index (χ2v) is 5.36. The van der Waals surface area contributed by atoms with E-state index in [2.05, 4.69) is 4.98 Å². The molecular weight excluding hydrogens is 246 g/mol. The van der Waals surface area contributed by atoms with Crippen molar-refractivity contribution in [2.24, 2.45) is 17.1 Å². The summed E-state index contributed by atoms with van der Waals surface area (Å²) in [6.07, 6.45) is 1.43. The molecule has 0 amide bonds. The van der Waals surface area contributed by atoms with Crippen LogP contribution in [0.1, 0.15) is 26.5 Å². The second kappa shape index (κ2) is 5.69. The highest BCUT2D eigenvalue weighted by molar-refractivity contribution is 5.92. The number of aromatic nitrogens is 1. The molecule has 0 radical (unpaired) electrons. The first-order valence-electron chi connectivity index (χ1n) is 5.88. The number of ether oxygens (including phenoxy) is 1. The topological polar surface area (TPSA) is 109 Å². The van der Waals surface area contributed by atoms with Crippen LogP contribution in [0.2, 0.25) is 0 Å². The number of pyridine rings is 1. The first kappa shape index (κ1) is 14.9. The SMILES string of the molecule is CC(C)(C)[C@H](COc1ccc(C(=N)N)nc1)C(=O)O. The number of carbonyl (C=O) groups is 1. The average molecular weight is 265 g/mol. The predicted molar refractivity (Wildman–Crippen MR) is 71.3 cm³/mol. The van der Waals surface area contributed by atoms with Gasteiger partial charge in [-0.05, 0) is 17.5 Å². The number of carboxylic acid groups (broad SMARTS) is 1. The molecule has 0 aromatic carbocycles. The van der Waals surface area contributed by atoms with Gasteiger partial charge in [-0.1, -0.05) is 20.8 Å². The van der Waals surface area contributed by atoms with E-state index >= 15 is 0 Å². The molecule has 0 aliphatic rings. The number of nitrogens with one attached hydrogen (secondary N) is 1. The summed E-state index contributed by atoms with van der Waals surface area (Å²) in [4.78, 5) is 15.1. The van der Waals surface area contributed by atoms with Crippen molar-refractivity contribution in [2.75, 3.05) is 6.61 Å². The monoisotopic (exact) mass is 265 g/mol. The molecule has 0 unspecified atom stereocenters. The summed E-state index contributed by atoms with van der Waals surface area (Å²) in [6, 6.07) is 3.18. The fraction of sp³-hybridized carbons (Fsp3) is 0.462. The van der Waals surface area contributed by atoms with Crippen molar-refractivity contribution in [3.63, 3.8) is 0 Å². The van der Waals surface area contributed by atoms with Crippen LogP contribution in [0.4, 0.5) is 0 Å². The minimum absolute atomic E-state index is 0.0694. The zero-order chi connectivity index (χ0) is 14.6. The van der Waals surface area contributed by atoms with Crippen molar-refractivity contribution < 1.29 is 14.6 Å². The molecule has 0 fully saturated rings. The zero-order valence-electron chi connectivity index (χ0n) is 11.3. The third-order valence-electron chi connectivity index (χ3n) is 2.77. The summed E-state index contributed by atoms with van der Waals surface area (Å²) in [5.74, 6) is -1.16. The fourth-order valence-electron chi connectivity index (χ4n) is 1.50. The van der Waals surface area contributed by atoms with Gasteiger partial charge >= 0.3 is 5.97 Å². The lowest BCUT2D eigenvalue weighted by molar-refractivity contribution is -0.146. The maximum absolute atomic E-state index is 11.2. The van der Waals surface area contributed by atoms with E-state index in [0.29, 0.717) is 11.4 Å². The Balaban J connectivity index is 2.70. The highest BCUT2D eigenvalue weighted by atomic mass is 16.5. The van der Waals surface area contributed by atoms with Crippen molar-refractivity contribution in [1.82, 2.24) is 4.98 Å². The van der Waals surface area contributed by atoms with E-state index in [1.54, 1.807) is 12.1 Å². The molecule has 0 aliphatic heterocycles. The summed E-state index contributed by atoms with van der Waals surface area (Å²) in [7, 11) is 0. The molecule has 6 heteroatoms. The van der Waals surface area contributed by atoms with E-state index in [-0.39, 0.29) is 12.4 Å². The van der Waals surface area contributed by atoms with Crippen LogP contribution in [0.5, 0.6) is 5.75 Å². The molecule has 4 N–H and O–H groups in total. The fourth-order valence-corrected chi connectivity index (χ4v) is 1.50. The lowest BCUT2D eigenvalue weighted by Crippen LogP contribution is -2.33. The zero-order valence-corrected chi connectivity index (χ0v) is 11.3. The largest absolute Gasteiger partial charge is 0.491 e. The Morgan fingerprint density at radius 1 is 1.53 bits per heavy atom. The van der Waals surface area contributed by atoms with Gasteiger partial charge in [0.15, 0.2) is 0 Å². The Hall–Kier alpha value is -2.11. The van der Waals surface area contributed by atoms with Crippen molar-refractivity contribution in [1.29, 1.82) is 5.41 Å². The number of nitrogens with two attached hydrogens (primary N) is 1. The van der Waals surface area contributed by atoms with Crippen LogP contribution in [0.25, 0.3) is 0 Å². The molecule has 0 saturated heterocycles. The van der Waals surface area contributed by atoms with Gasteiger partial charge in [-0.3, -0.25) is 10.2 Å². The lowest BCUT2D eigenvalue weighted by atomic mass is 9.81. The predicted octanol–water partition coefficient (Wildman–Crippen LogP) is 1.49. The Morgan fingerprint density at radius 3 is 2.53 bits per heavy atom. The van der Waals surface area contributed by atoms with E-state index in [1.807, 2.05) is 20.8 Å². The Labute approximate surface area is 112 Å². The highest BCUT2D eigenvalue weighted by Gasteiger charge is 2.31. The number of rotatable bonds is 5. The molecule has 1 aromatic heterocycles. The van der Waals surface area contributed by atoms with Gasteiger partial charge in [0.05, 0.1) is 12.1 Å². The van der Waals surface area contributed by atoms with Crippen molar-refractivity contribution >= 4 is 11.8 Å². The second-order valence-electron chi connectivity index (χ2n) is 5.36. The van der Waals surface area contributed by atoms with E-state index in [0.717, 1.165) is 0 Å². The molecule has 0 bridgehead atoms. The molecule has 0 spiro atoms. The maximum atomic E-state index is 11.2. The normalized spacial score (nSPS) is 12.8. The van der Waals surface area contributed by atoms with Gasteiger partial charge in [-0.25, -0.2) is 4.98 Å². The Kier molecular flexibility index (Phi) is 4.47. The van der Waals surface area contributed by atoms with Gasteiger partial charge in [-0.2, -0.15) is 0 Å². The van der Waals surface area contributed by atoms with Crippen molar-refractivity contribution in [3.05, 3.63) is 24.0 Å². The van der Waals surface area contributed by atoms with Crippen LogP contribution in [-0.2, 0) is 4.79 Å². The number of amidine groups is 1. The van der Waals surface area contributed by atoms with E-state index in [9.17, 15) is 4.79 Å². The van der Waals surface area contributed by atoms with E-state index < -0.39 is 17.3 Å². The Bertz CT molecular complexity index is 463. The van der Waals surface area contributed by atoms with Crippen LogP contribution in [0.3, 0.4) is 0 Å². The summed E-state index contributed by atoms with van der Waals surface area (Å²) >= 11 is 0. The summed E-state index contributed by atoms with van der Waals surface area (Å²) < 4.78 is 5.44. The first-order chi connectivity index (χ1) is 8.71. The quantitative estimate of drug-likeness (QED) is 0.552. The molecule has 1 atom stereocenters. The van der Waals surface area contributed by atoms with Crippen LogP contribution in [-0.4, -0.2) is 28.5 Å². The van der Waals surface area contributed by atoms with Gasteiger partial charge in [0, 0.05) is 0 Å². The third kappa shape index (κ3) is 4.24. The average Bonchev–Trinajstić information content (AvgIpc) is 2.27. The summed E-state index contributed by atoms with van der Waals surface area (Å²) in [5.41, 5.74) is 5.25. The van der Waals surface area contributed by atoms with Gasteiger partial charge in [0.25, 0.3) is 0 Å². The van der Waals surface area contributed by atoms with Crippen molar-refractivity contribution in [2.45, 2.75) is 20.8 Å². The Morgan fingerprint density at radius 2 is 2.16 bits per heavy atom. The van der Waals surface area contributed by atoms with Gasteiger partial charge in [-0.15, -0.1) is 0 Å². The number of nitrogens with zero attached hydrogens (tertiary/aromatic N) is 1. The highest BCUT2D eigenvalue weighted by Crippen LogP contribution is 2.27. The number of nitrogen functional groups attached to an aromatic ring is 1. The molecule has 1 heterocycles. The molecule has 0 aliphatic carbocycles. The minimum Gasteiger partial charge on any atom is -0.491 e. The van der Waals surface area contributed by atoms with Gasteiger partial charge in [0.2, 0.25) is 0 Å². The van der Waals surface area contributed by atoms with Crippen LogP contribution >= 0.6 is 0 Å². The summed E-state index contributed by atoms with van der Waals surface area (Å²) in [5, 5.41) is 16.4. The number of hydrogen-bond acceptors (Lipinski definition) is 4. The molecular formula is C13H19N3O3. The molecule has 19 heavy (non-hydrogen) atoms. The van der Waals surface area contributed by atoms with Gasteiger partial charge < -0.3 is 15.6 Å². The van der Waals surface area contributed by atoms with Crippen LogP contribution in [0.15, 0.2) is 18.3 Å². The van der Waals surface area contributed by atoms with Crippen LogP contribution < -0.4 is 10.5 Å². The molecule has 0 saturated carbocycles. The summed E-state index contributed by atoms with van der Waals surface area (Å²) in [6.45, 7) is 5.63. The number of carboxylic acids is 1. The third-order valence-corrected chi connectivity index (χ3v) is 2.77. The molecule has 1 aromatic rings.